The molecular formula is C7H8N2O6S2. The minimum atomic E-state index is -1.81. The molecule has 2 aliphatic heterocycles. The minimum Gasteiger partial charge on any atom is -0.350 e. The Morgan fingerprint density at radius 3 is 1.76 bits per heavy atom. The summed E-state index contributed by atoms with van der Waals surface area (Å²) in [5.41, 5.74) is 0. The molecule has 4 atom stereocenters. The molecule has 2 heterocycles. The van der Waals surface area contributed by atoms with E-state index in [0.29, 0.717) is 18.2 Å². The SMILES string of the molecule is O=S1ON=C([C@@H]2CC[C@@H](C3=NOS(=O)O3)C2)O1. The normalized spacial score (nSPS) is 39.8. The first-order valence-electron chi connectivity index (χ1n) is 4.93. The van der Waals surface area contributed by atoms with Crippen molar-refractivity contribution in [3.05, 3.63) is 0 Å². The number of nitrogens with zero attached hydrogens (tertiary/aromatic N) is 2. The summed E-state index contributed by atoms with van der Waals surface area (Å²) in [5.74, 6) is 0.719. The zero-order valence-electron chi connectivity index (χ0n) is 8.44. The molecule has 3 rings (SSSR count). The number of rotatable bonds is 2. The fourth-order valence-corrected chi connectivity index (χ4v) is 2.99. The van der Waals surface area contributed by atoms with Crippen LogP contribution in [0.4, 0.5) is 0 Å². The van der Waals surface area contributed by atoms with Crippen molar-refractivity contribution < 1.29 is 25.4 Å². The van der Waals surface area contributed by atoms with Gasteiger partial charge in [-0.05, 0) is 29.6 Å². The molecule has 10 heteroatoms. The average molecular weight is 280 g/mol. The van der Waals surface area contributed by atoms with Crippen molar-refractivity contribution in [1.82, 2.24) is 0 Å². The van der Waals surface area contributed by atoms with Crippen LogP contribution in [0.1, 0.15) is 19.3 Å². The third kappa shape index (κ3) is 2.14. The van der Waals surface area contributed by atoms with Gasteiger partial charge >= 0.3 is 22.7 Å². The molecule has 0 N–H and O–H groups in total. The van der Waals surface area contributed by atoms with E-state index in [1.54, 1.807) is 0 Å². The smallest absolute Gasteiger partial charge is 0.350 e. The average Bonchev–Trinajstić information content (AvgIpc) is 2.96. The fourth-order valence-electron chi connectivity index (χ4n) is 2.05. The van der Waals surface area contributed by atoms with E-state index >= 15 is 0 Å². The first kappa shape index (κ1) is 11.0. The van der Waals surface area contributed by atoms with Crippen LogP contribution in [0.15, 0.2) is 10.3 Å². The molecule has 0 aromatic carbocycles. The highest BCUT2D eigenvalue weighted by atomic mass is 32.2. The molecule has 0 bridgehead atoms. The van der Waals surface area contributed by atoms with Crippen molar-refractivity contribution in [2.24, 2.45) is 22.1 Å². The van der Waals surface area contributed by atoms with Crippen LogP contribution in [-0.4, -0.2) is 20.2 Å². The summed E-state index contributed by atoms with van der Waals surface area (Å²) in [7, 11) is 0. The maximum atomic E-state index is 10.8. The van der Waals surface area contributed by atoms with Crippen molar-refractivity contribution in [3.63, 3.8) is 0 Å². The molecule has 0 radical (unpaired) electrons. The van der Waals surface area contributed by atoms with E-state index in [1.807, 2.05) is 0 Å². The van der Waals surface area contributed by atoms with Gasteiger partial charge in [0.1, 0.15) is 0 Å². The van der Waals surface area contributed by atoms with E-state index < -0.39 is 22.7 Å². The van der Waals surface area contributed by atoms with Gasteiger partial charge in [-0.15, -0.1) is 0 Å². The van der Waals surface area contributed by atoms with Gasteiger partial charge in [0.15, 0.2) is 0 Å². The Morgan fingerprint density at radius 1 is 0.941 bits per heavy atom. The molecule has 1 fully saturated rings. The predicted octanol–water partition coefficient (Wildman–Crippen LogP) is 0.281. The van der Waals surface area contributed by atoms with Crippen LogP contribution >= 0.6 is 0 Å². The molecule has 3 aliphatic rings. The highest BCUT2D eigenvalue weighted by molar-refractivity contribution is 7.76. The zero-order valence-corrected chi connectivity index (χ0v) is 10.1. The second-order valence-electron chi connectivity index (χ2n) is 3.79. The van der Waals surface area contributed by atoms with E-state index in [9.17, 15) is 8.42 Å². The summed E-state index contributed by atoms with van der Waals surface area (Å²) in [5, 5.41) is 7.19. The van der Waals surface area contributed by atoms with E-state index in [4.69, 9.17) is 8.37 Å². The Labute approximate surface area is 102 Å². The lowest BCUT2D eigenvalue weighted by Crippen LogP contribution is -2.15. The molecular weight excluding hydrogens is 272 g/mol. The summed E-state index contributed by atoms with van der Waals surface area (Å²) in [6.45, 7) is 0. The highest BCUT2D eigenvalue weighted by Crippen LogP contribution is 2.36. The topological polar surface area (TPSA) is 95.8 Å². The second kappa shape index (κ2) is 4.26. The lowest BCUT2D eigenvalue weighted by molar-refractivity contribution is 0.370. The van der Waals surface area contributed by atoms with Crippen LogP contribution in [0.25, 0.3) is 0 Å². The van der Waals surface area contributed by atoms with Crippen LogP contribution in [-0.2, 0) is 39.7 Å². The third-order valence-corrected chi connectivity index (χ3v) is 3.82. The Hall–Kier alpha value is -1.16. The van der Waals surface area contributed by atoms with E-state index in [2.05, 4.69) is 18.9 Å². The van der Waals surface area contributed by atoms with E-state index in [0.717, 1.165) is 12.8 Å². The van der Waals surface area contributed by atoms with Crippen LogP contribution in [0.2, 0.25) is 0 Å². The van der Waals surface area contributed by atoms with Gasteiger partial charge in [0.05, 0.1) is 0 Å². The lowest BCUT2D eigenvalue weighted by Gasteiger charge is -2.06. The van der Waals surface area contributed by atoms with Crippen LogP contribution in [0.3, 0.4) is 0 Å². The Balaban J connectivity index is 1.62. The van der Waals surface area contributed by atoms with Gasteiger partial charge in [-0.1, -0.05) is 0 Å². The van der Waals surface area contributed by atoms with Crippen LogP contribution < -0.4 is 0 Å². The molecule has 2 unspecified atom stereocenters. The summed E-state index contributed by atoms with van der Waals surface area (Å²) in [6.07, 6.45) is 2.25. The van der Waals surface area contributed by atoms with Crippen molar-refractivity contribution in [2.75, 3.05) is 0 Å². The Bertz CT molecular complexity index is 410. The fraction of sp³-hybridized carbons (Fsp3) is 0.714. The molecule has 8 nitrogen and oxygen atoms in total. The van der Waals surface area contributed by atoms with Crippen molar-refractivity contribution >= 4 is 34.5 Å². The lowest BCUT2D eigenvalue weighted by atomic mass is 10.1. The number of hydrogen-bond donors (Lipinski definition) is 0. The van der Waals surface area contributed by atoms with Gasteiger partial charge in [0.25, 0.3) is 11.8 Å². The van der Waals surface area contributed by atoms with Gasteiger partial charge in [0, 0.05) is 11.8 Å². The summed E-state index contributed by atoms with van der Waals surface area (Å²) in [4.78, 5) is 0. The Morgan fingerprint density at radius 2 is 1.41 bits per heavy atom. The third-order valence-electron chi connectivity index (χ3n) is 2.81. The van der Waals surface area contributed by atoms with Gasteiger partial charge in [0.2, 0.25) is 0 Å². The highest BCUT2D eigenvalue weighted by Gasteiger charge is 2.39. The summed E-state index contributed by atoms with van der Waals surface area (Å²) < 4.78 is 40.4. The largest absolute Gasteiger partial charge is 0.440 e. The number of hydrogen-bond acceptors (Lipinski definition) is 8. The molecule has 0 amide bonds. The van der Waals surface area contributed by atoms with Gasteiger partial charge in [-0.2, -0.15) is 8.42 Å². The maximum Gasteiger partial charge on any atom is 0.440 e. The standard InChI is InChI=1S/C7H8N2O6S2/c10-16-12-6(8-14-16)4-1-2-5(3-4)7-9-15-17(11)13-7/h4-5H,1-3H2/t4-,5-,16?,17?/m1/s1. The molecule has 0 saturated heterocycles. The first-order chi connectivity index (χ1) is 8.22. The Kier molecular flexibility index (Phi) is 2.74. The zero-order chi connectivity index (χ0) is 11.8. The maximum absolute atomic E-state index is 10.8. The minimum absolute atomic E-state index is 0.0202. The van der Waals surface area contributed by atoms with Crippen molar-refractivity contribution in [2.45, 2.75) is 19.3 Å². The molecule has 94 valence electrons. The van der Waals surface area contributed by atoms with Gasteiger partial charge in [-0.25, -0.2) is 0 Å². The van der Waals surface area contributed by atoms with Gasteiger partial charge < -0.3 is 8.37 Å². The quantitative estimate of drug-likeness (QED) is 0.721. The van der Waals surface area contributed by atoms with Crippen molar-refractivity contribution in [3.8, 4) is 0 Å². The second-order valence-corrected chi connectivity index (χ2v) is 5.24. The molecule has 1 saturated carbocycles. The monoisotopic (exact) mass is 280 g/mol. The van der Waals surface area contributed by atoms with E-state index in [1.165, 1.54) is 0 Å². The summed E-state index contributed by atoms with van der Waals surface area (Å²) >= 11 is -3.61. The van der Waals surface area contributed by atoms with Crippen molar-refractivity contribution in [1.29, 1.82) is 0 Å². The summed E-state index contributed by atoms with van der Waals surface area (Å²) in [6, 6.07) is 0. The van der Waals surface area contributed by atoms with E-state index in [-0.39, 0.29) is 11.8 Å². The van der Waals surface area contributed by atoms with Crippen LogP contribution in [0, 0.1) is 11.8 Å². The molecule has 1 aliphatic carbocycles. The molecule has 0 aromatic heterocycles. The molecule has 17 heavy (non-hydrogen) atoms. The first-order valence-corrected chi connectivity index (χ1v) is 6.93. The molecule has 0 aromatic rings. The predicted molar refractivity (Wildman–Crippen MR) is 56.3 cm³/mol. The van der Waals surface area contributed by atoms with Crippen LogP contribution in [0.5, 0.6) is 0 Å². The molecule has 0 spiro atoms. The number of oxime groups is 2. The van der Waals surface area contributed by atoms with Gasteiger partial charge in [-0.3, -0.25) is 8.57 Å².